The Kier molecular flexibility index (Phi) is 4.70. The van der Waals surface area contributed by atoms with Crippen LogP contribution in [0, 0.1) is 5.92 Å². The summed E-state index contributed by atoms with van der Waals surface area (Å²) in [6.07, 6.45) is 8.44. The van der Waals surface area contributed by atoms with E-state index in [1.165, 1.54) is 43.4 Å². The summed E-state index contributed by atoms with van der Waals surface area (Å²) in [6.45, 7) is 0.814. The van der Waals surface area contributed by atoms with Crippen molar-refractivity contribution in [2.45, 2.75) is 38.5 Å². The molecule has 1 saturated carbocycles. The van der Waals surface area contributed by atoms with Gasteiger partial charge in [-0.1, -0.05) is 19.3 Å². The molecule has 1 aliphatic rings. The maximum atomic E-state index is 12.0. The van der Waals surface area contributed by atoms with Crippen LogP contribution in [0.5, 0.6) is 0 Å². The molecule has 1 N–H and O–H groups in total. The van der Waals surface area contributed by atoms with Gasteiger partial charge in [0.15, 0.2) is 10.8 Å². The summed E-state index contributed by atoms with van der Waals surface area (Å²) in [5.41, 5.74) is 0.813. The fraction of sp³-hybridized carbons (Fsp3) is 0.500. The Hall–Kier alpha value is -1.62. The summed E-state index contributed by atoms with van der Waals surface area (Å²) in [7, 11) is 0. The minimum atomic E-state index is 0.0665. The Bertz CT molecular complexity index is 571. The summed E-state index contributed by atoms with van der Waals surface area (Å²) in [5, 5.41) is 5.80. The van der Waals surface area contributed by atoms with Gasteiger partial charge < -0.3 is 9.73 Å². The molecule has 2 aromatic rings. The van der Waals surface area contributed by atoms with Gasteiger partial charge >= 0.3 is 0 Å². The van der Waals surface area contributed by atoms with Gasteiger partial charge in [0, 0.05) is 11.9 Å². The van der Waals surface area contributed by atoms with E-state index < -0.39 is 0 Å². The van der Waals surface area contributed by atoms with Gasteiger partial charge in [0.05, 0.1) is 18.4 Å². The van der Waals surface area contributed by atoms with Crippen LogP contribution in [0.3, 0.4) is 0 Å². The summed E-state index contributed by atoms with van der Waals surface area (Å²) < 4.78 is 5.31. The summed E-state index contributed by atoms with van der Waals surface area (Å²) >= 11 is 1.51. The molecular weight excluding hydrogens is 284 g/mol. The van der Waals surface area contributed by atoms with E-state index in [4.69, 9.17) is 4.42 Å². The van der Waals surface area contributed by atoms with Crippen molar-refractivity contribution in [3.63, 3.8) is 0 Å². The van der Waals surface area contributed by atoms with Crippen LogP contribution in [0.25, 0.3) is 10.8 Å². The van der Waals surface area contributed by atoms with Gasteiger partial charge in [-0.2, -0.15) is 0 Å². The quantitative estimate of drug-likeness (QED) is 0.917. The summed E-state index contributed by atoms with van der Waals surface area (Å²) in [6, 6.07) is 3.72. The third-order valence-corrected chi connectivity index (χ3v) is 4.84. The molecule has 0 unspecified atom stereocenters. The summed E-state index contributed by atoms with van der Waals surface area (Å²) in [5.74, 6) is 1.49. The molecule has 0 aromatic carbocycles. The highest BCUT2D eigenvalue weighted by molar-refractivity contribution is 7.13. The fourth-order valence-electron chi connectivity index (χ4n) is 2.78. The Morgan fingerprint density at radius 3 is 3.00 bits per heavy atom. The zero-order valence-corrected chi connectivity index (χ0v) is 12.8. The van der Waals surface area contributed by atoms with Gasteiger partial charge in [-0.3, -0.25) is 4.79 Å². The molecule has 0 saturated heterocycles. The number of aromatic nitrogens is 1. The lowest BCUT2D eigenvalue weighted by Gasteiger charge is -2.21. The first-order chi connectivity index (χ1) is 10.3. The first kappa shape index (κ1) is 14.3. The minimum absolute atomic E-state index is 0.0665. The molecule has 1 amide bonds. The van der Waals surface area contributed by atoms with Gasteiger partial charge in [-0.15, -0.1) is 11.3 Å². The van der Waals surface area contributed by atoms with E-state index in [1.807, 2.05) is 17.5 Å². The van der Waals surface area contributed by atoms with Gasteiger partial charge in [0.2, 0.25) is 5.91 Å². The number of thiazole rings is 1. The van der Waals surface area contributed by atoms with E-state index in [0.29, 0.717) is 12.3 Å². The average molecular weight is 304 g/mol. The van der Waals surface area contributed by atoms with E-state index in [9.17, 15) is 4.79 Å². The molecule has 0 aliphatic heterocycles. The second-order valence-corrected chi connectivity index (χ2v) is 6.46. The fourth-order valence-corrected chi connectivity index (χ4v) is 3.56. The third-order valence-electron chi connectivity index (χ3n) is 3.94. The summed E-state index contributed by atoms with van der Waals surface area (Å²) in [4.78, 5) is 16.4. The van der Waals surface area contributed by atoms with E-state index in [0.717, 1.165) is 23.0 Å². The minimum Gasteiger partial charge on any atom is -0.462 e. The van der Waals surface area contributed by atoms with Crippen LogP contribution in [0.1, 0.15) is 37.8 Å². The number of nitrogens with one attached hydrogen (secondary N) is 1. The third kappa shape index (κ3) is 3.94. The predicted octanol–water partition coefficient (Wildman–Crippen LogP) is 3.64. The second-order valence-electron chi connectivity index (χ2n) is 5.61. The number of amides is 1. The standard InChI is InChI=1S/C16H20N2O2S/c19-15(17-10-12-5-2-1-3-6-12)9-13-11-21-16(18-13)14-7-4-8-20-14/h4,7-8,11-12H,1-3,5-6,9-10H2,(H,17,19). The molecule has 0 radical (unpaired) electrons. The maximum absolute atomic E-state index is 12.0. The molecule has 0 spiro atoms. The SMILES string of the molecule is O=C(Cc1csc(-c2ccco2)n1)NCC1CCCCC1. The topological polar surface area (TPSA) is 55.1 Å². The lowest BCUT2D eigenvalue weighted by atomic mass is 9.89. The van der Waals surface area contributed by atoms with Crippen molar-refractivity contribution in [3.05, 3.63) is 29.5 Å². The number of rotatable bonds is 5. The van der Waals surface area contributed by atoms with Crippen molar-refractivity contribution in [2.75, 3.05) is 6.54 Å². The molecule has 112 valence electrons. The molecule has 3 rings (SSSR count). The van der Waals surface area contributed by atoms with Crippen LogP contribution in [0.2, 0.25) is 0 Å². The van der Waals surface area contributed by atoms with Crippen LogP contribution in [0.4, 0.5) is 0 Å². The Morgan fingerprint density at radius 1 is 1.38 bits per heavy atom. The van der Waals surface area contributed by atoms with Crippen LogP contribution >= 0.6 is 11.3 Å². The lowest BCUT2D eigenvalue weighted by molar-refractivity contribution is -0.120. The molecule has 4 nitrogen and oxygen atoms in total. The van der Waals surface area contributed by atoms with Crippen molar-refractivity contribution in [1.82, 2.24) is 10.3 Å². The van der Waals surface area contributed by atoms with Crippen molar-refractivity contribution in [1.29, 1.82) is 0 Å². The number of furan rings is 1. The Labute approximate surface area is 128 Å². The first-order valence-corrected chi connectivity index (χ1v) is 8.44. The zero-order valence-electron chi connectivity index (χ0n) is 12.0. The van der Waals surface area contributed by atoms with Gasteiger partial charge in [0.1, 0.15) is 0 Å². The zero-order chi connectivity index (χ0) is 14.5. The van der Waals surface area contributed by atoms with Gasteiger partial charge in [-0.05, 0) is 30.9 Å². The van der Waals surface area contributed by atoms with Crippen LogP contribution in [-0.2, 0) is 11.2 Å². The van der Waals surface area contributed by atoms with E-state index in [-0.39, 0.29) is 5.91 Å². The van der Waals surface area contributed by atoms with Gasteiger partial charge in [0.25, 0.3) is 0 Å². The molecule has 21 heavy (non-hydrogen) atoms. The van der Waals surface area contributed by atoms with Crippen molar-refractivity contribution >= 4 is 17.2 Å². The molecule has 5 heteroatoms. The van der Waals surface area contributed by atoms with Crippen LogP contribution < -0.4 is 5.32 Å². The number of nitrogens with zero attached hydrogens (tertiary/aromatic N) is 1. The first-order valence-electron chi connectivity index (χ1n) is 7.56. The smallest absolute Gasteiger partial charge is 0.226 e. The largest absolute Gasteiger partial charge is 0.462 e. The number of hydrogen-bond donors (Lipinski definition) is 1. The van der Waals surface area contributed by atoms with Crippen molar-refractivity contribution in [2.24, 2.45) is 5.92 Å². The average Bonchev–Trinajstić information content (AvgIpc) is 3.17. The lowest BCUT2D eigenvalue weighted by Crippen LogP contribution is -2.31. The van der Waals surface area contributed by atoms with Crippen LogP contribution in [-0.4, -0.2) is 17.4 Å². The van der Waals surface area contributed by atoms with E-state index in [1.54, 1.807) is 6.26 Å². The second kappa shape index (κ2) is 6.89. The van der Waals surface area contributed by atoms with E-state index >= 15 is 0 Å². The number of hydrogen-bond acceptors (Lipinski definition) is 4. The number of carbonyl (C=O) groups is 1. The maximum Gasteiger partial charge on any atom is 0.226 e. The molecule has 1 fully saturated rings. The molecule has 1 aliphatic carbocycles. The highest BCUT2D eigenvalue weighted by Gasteiger charge is 2.15. The molecule has 0 atom stereocenters. The van der Waals surface area contributed by atoms with Gasteiger partial charge in [-0.25, -0.2) is 4.98 Å². The molecule has 2 aromatic heterocycles. The highest BCUT2D eigenvalue weighted by Crippen LogP contribution is 2.24. The monoisotopic (exact) mass is 304 g/mol. The van der Waals surface area contributed by atoms with Crippen molar-refractivity contribution in [3.8, 4) is 10.8 Å². The molecule has 0 bridgehead atoms. The van der Waals surface area contributed by atoms with E-state index in [2.05, 4.69) is 10.3 Å². The Morgan fingerprint density at radius 2 is 2.24 bits per heavy atom. The molecular formula is C16H20N2O2S. The van der Waals surface area contributed by atoms with Crippen molar-refractivity contribution < 1.29 is 9.21 Å². The predicted molar refractivity (Wildman–Crippen MR) is 83.1 cm³/mol. The Balaban J connectivity index is 1.48. The van der Waals surface area contributed by atoms with Crippen LogP contribution in [0.15, 0.2) is 28.2 Å². The normalized spacial score (nSPS) is 16.0. The molecule has 2 heterocycles. The number of carbonyl (C=O) groups excluding carboxylic acids is 1. The highest BCUT2D eigenvalue weighted by atomic mass is 32.1.